The second-order valence-corrected chi connectivity index (χ2v) is 8.78. The highest BCUT2D eigenvalue weighted by atomic mass is 16.5. The number of hydrogen-bond acceptors (Lipinski definition) is 6. The number of fused-ring (bicyclic) bond motifs is 1. The maximum atomic E-state index is 13.5. The van der Waals surface area contributed by atoms with Crippen LogP contribution in [0.1, 0.15) is 41.4 Å². The van der Waals surface area contributed by atoms with Crippen LogP contribution in [0.4, 0.5) is 0 Å². The molecular weight excluding hydrogens is 456 g/mol. The van der Waals surface area contributed by atoms with E-state index in [0.29, 0.717) is 28.6 Å². The first kappa shape index (κ1) is 25.3. The van der Waals surface area contributed by atoms with Gasteiger partial charge in [0, 0.05) is 44.2 Å². The molecule has 1 saturated heterocycles. The minimum absolute atomic E-state index is 0.132. The Kier molecular flexibility index (Phi) is 8.26. The summed E-state index contributed by atoms with van der Waals surface area (Å²) in [6.45, 7) is 5.98. The number of carbonyl (C=O) groups is 2. The SMILES string of the molecule is CNC(=O)CCC(C=O)n1c(C)nc2cccc(C#Cc3ccc(CN4CCOCC4)cc3)c2c1=O. The number of morpholine rings is 1. The second kappa shape index (κ2) is 11.8. The average molecular weight is 487 g/mol. The van der Waals surface area contributed by atoms with Crippen LogP contribution in [0.2, 0.25) is 0 Å². The number of rotatable bonds is 7. The molecule has 2 aromatic carbocycles. The summed E-state index contributed by atoms with van der Waals surface area (Å²) < 4.78 is 6.77. The lowest BCUT2D eigenvalue weighted by molar-refractivity contribution is -0.121. The summed E-state index contributed by atoms with van der Waals surface area (Å²) in [5.74, 6) is 6.51. The molecule has 0 saturated carbocycles. The fourth-order valence-corrected chi connectivity index (χ4v) is 4.36. The van der Waals surface area contributed by atoms with Crippen LogP contribution >= 0.6 is 0 Å². The Labute approximate surface area is 210 Å². The van der Waals surface area contributed by atoms with Gasteiger partial charge in [0.25, 0.3) is 5.56 Å². The standard InChI is InChI=1S/C28H30N4O4/c1-20-30-25-5-3-4-23(27(25)28(35)32(20)24(19-33)12-13-26(34)29-2)11-10-21-6-8-22(9-7-21)18-31-14-16-36-17-15-31/h3-9,19,24H,12-18H2,1-2H3,(H,29,34). The Bertz CT molecular complexity index is 1360. The molecular formula is C28H30N4O4. The van der Waals surface area contributed by atoms with Gasteiger partial charge in [-0.2, -0.15) is 0 Å². The van der Waals surface area contributed by atoms with Crippen LogP contribution in [0.5, 0.6) is 0 Å². The molecule has 2 heterocycles. The van der Waals surface area contributed by atoms with Crippen molar-refractivity contribution in [2.24, 2.45) is 0 Å². The van der Waals surface area contributed by atoms with Crippen LogP contribution in [0.3, 0.4) is 0 Å². The molecule has 4 rings (SSSR count). The van der Waals surface area contributed by atoms with Crippen molar-refractivity contribution in [1.29, 1.82) is 0 Å². The third kappa shape index (κ3) is 5.88. The minimum atomic E-state index is -0.785. The van der Waals surface area contributed by atoms with Gasteiger partial charge in [-0.15, -0.1) is 0 Å². The molecule has 0 aliphatic carbocycles. The Hall–Kier alpha value is -3.80. The minimum Gasteiger partial charge on any atom is -0.379 e. The van der Waals surface area contributed by atoms with Gasteiger partial charge < -0.3 is 14.8 Å². The normalized spacial score (nSPS) is 14.6. The van der Waals surface area contributed by atoms with Gasteiger partial charge in [0.05, 0.1) is 30.2 Å². The Morgan fingerprint density at radius 3 is 2.61 bits per heavy atom. The number of aromatic nitrogens is 2. The third-order valence-corrected chi connectivity index (χ3v) is 6.35. The molecule has 36 heavy (non-hydrogen) atoms. The summed E-state index contributed by atoms with van der Waals surface area (Å²) in [7, 11) is 1.54. The molecule has 8 heteroatoms. The van der Waals surface area contributed by atoms with Gasteiger partial charge in [-0.25, -0.2) is 4.98 Å². The maximum absolute atomic E-state index is 13.5. The van der Waals surface area contributed by atoms with Crippen molar-refractivity contribution in [1.82, 2.24) is 19.8 Å². The van der Waals surface area contributed by atoms with Crippen molar-refractivity contribution in [2.75, 3.05) is 33.4 Å². The van der Waals surface area contributed by atoms with E-state index in [1.807, 2.05) is 18.2 Å². The number of nitrogens with zero attached hydrogens (tertiary/aromatic N) is 3. The Morgan fingerprint density at radius 1 is 1.17 bits per heavy atom. The number of amides is 1. The number of benzene rings is 2. The van der Waals surface area contributed by atoms with E-state index in [-0.39, 0.29) is 24.3 Å². The lowest BCUT2D eigenvalue weighted by atomic mass is 10.1. The van der Waals surface area contributed by atoms with Gasteiger partial charge in [0.1, 0.15) is 12.1 Å². The fourth-order valence-electron chi connectivity index (χ4n) is 4.36. The van der Waals surface area contributed by atoms with E-state index in [9.17, 15) is 14.4 Å². The largest absolute Gasteiger partial charge is 0.379 e. The fraction of sp³-hybridized carbons (Fsp3) is 0.357. The van der Waals surface area contributed by atoms with Crippen molar-refractivity contribution in [2.45, 2.75) is 32.4 Å². The van der Waals surface area contributed by atoms with Gasteiger partial charge in [-0.1, -0.05) is 30.0 Å². The summed E-state index contributed by atoms with van der Waals surface area (Å²) in [5.41, 5.74) is 2.79. The Morgan fingerprint density at radius 2 is 1.92 bits per heavy atom. The zero-order chi connectivity index (χ0) is 25.5. The molecule has 1 aliphatic rings. The highest BCUT2D eigenvalue weighted by Crippen LogP contribution is 2.18. The molecule has 1 unspecified atom stereocenters. The molecule has 1 amide bonds. The first-order valence-electron chi connectivity index (χ1n) is 12.1. The van der Waals surface area contributed by atoms with Crippen LogP contribution in [0.25, 0.3) is 10.9 Å². The summed E-state index contributed by atoms with van der Waals surface area (Å²) in [4.78, 5) is 44.0. The van der Waals surface area contributed by atoms with Crippen LogP contribution in [0.15, 0.2) is 47.3 Å². The molecule has 8 nitrogen and oxygen atoms in total. The maximum Gasteiger partial charge on any atom is 0.263 e. The van der Waals surface area contributed by atoms with E-state index in [1.165, 1.54) is 17.2 Å². The average Bonchev–Trinajstić information content (AvgIpc) is 2.90. The highest BCUT2D eigenvalue weighted by Gasteiger charge is 2.19. The molecule has 3 aromatic rings. The van der Waals surface area contributed by atoms with Crippen molar-refractivity contribution >= 4 is 23.1 Å². The van der Waals surface area contributed by atoms with E-state index in [0.717, 1.165) is 38.4 Å². The topological polar surface area (TPSA) is 93.5 Å². The summed E-state index contributed by atoms with van der Waals surface area (Å²) in [6.07, 6.45) is 1.03. The predicted octanol–water partition coefficient (Wildman–Crippen LogP) is 2.20. The highest BCUT2D eigenvalue weighted by molar-refractivity contribution is 5.84. The predicted molar refractivity (Wildman–Crippen MR) is 138 cm³/mol. The molecule has 186 valence electrons. The second-order valence-electron chi connectivity index (χ2n) is 8.78. The van der Waals surface area contributed by atoms with Crippen molar-refractivity contribution in [3.05, 3.63) is 75.3 Å². The third-order valence-electron chi connectivity index (χ3n) is 6.35. The first-order valence-corrected chi connectivity index (χ1v) is 12.1. The number of aldehydes is 1. The first-order chi connectivity index (χ1) is 17.5. The van der Waals surface area contributed by atoms with Gasteiger partial charge in [-0.05, 0) is 43.2 Å². The monoisotopic (exact) mass is 486 g/mol. The molecule has 1 aromatic heterocycles. The molecule has 1 atom stereocenters. The van der Waals surface area contributed by atoms with Gasteiger partial charge in [0.15, 0.2) is 0 Å². The smallest absolute Gasteiger partial charge is 0.263 e. The van der Waals surface area contributed by atoms with Gasteiger partial charge in [0.2, 0.25) is 5.91 Å². The zero-order valence-corrected chi connectivity index (χ0v) is 20.6. The van der Waals surface area contributed by atoms with Crippen molar-refractivity contribution in [3.63, 3.8) is 0 Å². The summed E-state index contributed by atoms with van der Waals surface area (Å²) in [6, 6.07) is 12.7. The van der Waals surface area contributed by atoms with Gasteiger partial charge >= 0.3 is 0 Å². The number of aryl methyl sites for hydroxylation is 1. The van der Waals surface area contributed by atoms with Crippen LogP contribution in [0, 0.1) is 18.8 Å². The van der Waals surface area contributed by atoms with E-state index in [2.05, 4.69) is 39.2 Å². The molecule has 0 bridgehead atoms. The quantitative estimate of drug-likeness (QED) is 0.407. The Balaban J connectivity index is 1.62. The molecule has 0 radical (unpaired) electrons. The van der Waals surface area contributed by atoms with Crippen molar-refractivity contribution < 1.29 is 14.3 Å². The molecule has 1 fully saturated rings. The van der Waals surface area contributed by atoms with E-state index < -0.39 is 6.04 Å². The van der Waals surface area contributed by atoms with Crippen LogP contribution in [-0.4, -0.2) is 60.0 Å². The van der Waals surface area contributed by atoms with Crippen LogP contribution in [-0.2, 0) is 20.9 Å². The molecule has 1 aliphatic heterocycles. The van der Waals surface area contributed by atoms with Crippen molar-refractivity contribution in [3.8, 4) is 11.8 Å². The number of ether oxygens (including phenoxy) is 1. The molecule has 0 spiro atoms. The van der Waals surface area contributed by atoms with Crippen LogP contribution < -0.4 is 10.9 Å². The van der Waals surface area contributed by atoms with E-state index in [1.54, 1.807) is 19.1 Å². The van der Waals surface area contributed by atoms with Gasteiger partial charge in [-0.3, -0.25) is 19.1 Å². The molecule has 1 N–H and O–H groups in total. The summed E-state index contributed by atoms with van der Waals surface area (Å²) in [5, 5.41) is 2.90. The van der Waals surface area contributed by atoms with E-state index in [4.69, 9.17) is 4.74 Å². The number of hydrogen-bond donors (Lipinski definition) is 1. The lowest BCUT2D eigenvalue weighted by Crippen LogP contribution is -2.35. The van der Waals surface area contributed by atoms with E-state index >= 15 is 0 Å². The number of nitrogens with one attached hydrogen (secondary N) is 1. The number of carbonyl (C=O) groups excluding carboxylic acids is 2. The lowest BCUT2D eigenvalue weighted by Gasteiger charge is -2.26. The summed E-state index contributed by atoms with van der Waals surface area (Å²) >= 11 is 0. The zero-order valence-electron chi connectivity index (χ0n) is 20.6.